The van der Waals surface area contributed by atoms with E-state index in [1.807, 2.05) is 29.2 Å². The third-order valence-electron chi connectivity index (χ3n) is 4.72. The maximum atomic E-state index is 12.7. The van der Waals surface area contributed by atoms with E-state index in [0.29, 0.717) is 37.7 Å². The number of methoxy groups -OCH3 is 1. The first-order chi connectivity index (χ1) is 14.2. The molecular weight excluding hydrogens is 390 g/mol. The predicted molar refractivity (Wildman–Crippen MR) is 114 cm³/mol. The van der Waals surface area contributed by atoms with Crippen LogP contribution in [0.2, 0.25) is 5.02 Å². The van der Waals surface area contributed by atoms with Gasteiger partial charge >= 0.3 is 0 Å². The average Bonchev–Trinajstić information content (AvgIpc) is 2.76. The highest BCUT2D eigenvalue weighted by molar-refractivity contribution is 6.30. The number of amides is 1. The van der Waals surface area contributed by atoms with E-state index in [4.69, 9.17) is 21.1 Å². The molecular formula is C22H26ClN3O3. The molecule has 0 radical (unpaired) electrons. The molecule has 0 unspecified atom stereocenters. The van der Waals surface area contributed by atoms with Crippen molar-refractivity contribution in [3.63, 3.8) is 0 Å². The SMILES string of the molecule is COCCOc1ccc(C(=O)N2CCN(C/C=C/c3ccc(Cl)cc3)CC2)cn1. The zero-order valence-electron chi connectivity index (χ0n) is 16.6. The summed E-state index contributed by atoms with van der Waals surface area (Å²) in [4.78, 5) is 21.1. The molecule has 154 valence electrons. The highest BCUT2D eigenvalue weighted by Gasteiger charge is 2.21. The van der Waals surface area contributed by atoms with Gasteiger partial charge in [0.25, 0.3) is 5.91 Å². The first kappa shape index (κ1) is 21.3. The van der Waals surface area contributed by atoms with Crippen molar-refractivity contribution >= 4 is 23.6 Å². The molecule has 1 aromatic carbocycles. The number of halogens is 1. The summed E-state index contributed by atoms with van der Waals surface area (Å²) in [5, 5.41) is 0.742. The second kappa shape index (κ2) is 11.0. The summed E-state index contributed by atoms with van der Waals surface area (Å²) in [5.41, 5.74) is 1.71. The number of carbonyl (C=O) groups excluding carboxylic acids is 1. The van der Waals surface area contributed by atoms with Crippen molar-refractivity contribution in [3.05, 3.63) is 64.8 Å². The van der Waals surface area contributed by atoms with Gasteiger partial charge in [-0.1, -0.05) is 35.9 Å². The summed E-state index contributed by atoms with van der Waals surface area (Å²) in [6.07, 6.45) is 5.81. The lowest BCUT2D eigenvalue weighted by Gasteiger charge is -2.34. The molecule has 0 spiro atoms. The van der Waals surface area contributed by atoms with Crippen LogP contribution >= 0.6 is 11.6 Å². The van der Waals surface area contributed by atoms with Crippen LogP contribution in [0.4, 0.5) is 0 Å². The van der Waals surface area contributed by atoms with Gasteiger partial charge in [-0.3, -0.25) is 9.69 Å². The topological polar surface area (TPSA) is 54.9 Å². The van der Waals surface area contributed by atoms with Crippen molar-refractivity contribution < 1.29 is 14.3 Å². The molecule has 1 saturated heterocycles. The molecule has 1 aliphatic rings. The Morgan fingerprint density at radius 3 is 2.52 bits per heavy atom. The van der Waals surface area contributed by atoms with Crippen molar-refractivity contribution in [1.29, 1.82) is 0 Å². The van der Waals surface area contributed by atoms with Crippen LogP contribution in [-0.4, -0.2) is 73.7 Å². The molecule has 0 N–H and O–H groups in total. The third kappa shape index (κ3) is 6.56. The van der Waals surface area contributed by atoms with E-state index in [1.165, 1.54) is 0 Å². The number of rotatable bonds is 8. The largest absolute Gasteiger partial charge is 0.475 e. The van der Waals surface area contributed by atoms with Crippen molar-refractivity contribution in [2.75, 3.05) is 53.0 Å². The Hall–Kier alpha value is -2.41. The van der Waals surface area contributed by atoms with Crippen LogP contribution in [0.25, 0.3) is 6.08 Å². The van der Waals surface area contributed by atoms with E-state index in [9.17, 15) is 4.79 Å². The van der Waals surface area contributed by atoms with Gasteiger partial charge in [-0.15, -0.1) is 0 Å². The quantitative estimate of drug-likeness (QED) is 0.619. The zero-order valence-corrected chi connectivity index (χ0v) is 17.3. The Bertz CT molecular complexity index is 801. The highest BCUT2D eigenvalue weighted by atomic mass is 35.5. The molecule has 2 heterocycles. The molecule has 29 heavy (non-hydrogen) atoms. The molecule has 0 bridgehead atoms. The zero-order chi connectivity index (χ0) is 20.5. The molecule has 1 aromatic heterocycles. The predicted octanol–water partition coefficient (Wildman–Crippen LogP) is 3.23. The van der Waals surface area contributed by atoms with Gasteiger partial charge in [-0.25, -0.2) is 4.98 Å². The molecule has 1 fully saturated rings. The second-order valence-electron chi connectivity index (χ2n) is 6.77. The maximum absolute atomic E-state index is 12.7. The summed E-state index contributed by atoms with van der Waals surface area (Å²) in [6.45, 7) is 4.91. The number of benzene rings is 1. The minimum absolute atomic E-state index is 0.0114. The monoisotopic (exact) mass is 415 g/mol. The smallest absolute Gasteiger partial charge is 0.255 e. The van der Waals surface area contributed by atoms with Crippen LogP contribution in [0.5, 0.6) is 5.88 Å². The first-order valence-electron chi connectivity index (χ1n) is 9.67. The van der Waals surface area contributed by atoms with Gasteiger partial charge in [0.2, 0.25) is 5.88 Å². The number of nitrogens with zero attached hydrogens (tertiary/aromatic N) is 3. The van der Waals surface area contributed by atoms with Crippen molar-refractivity contribution in [3.8, 4) is 5.88 Å². The lowest BCUT2D eigenvalue weighted by atomic mass is 10.2. The number of pyridine rings is 1. The number of aromatic nitrogens is 1. The van der Waals surface area contributed by atoms with E-state index in [0.717, 1.165) is 30.2 Å². The fourth-order valence-electron chi connectivity index (χ4n) is 3.05. The number of hydrogen-bond acceptors (Lipinski definition) is 5. The lowest BCUT2D eigenvalue weighted by Crippen LogP contribution is -2.48. The van der Waals surface area contributed by atoms with Gasteiger partial charge in [0.15, 0.2) is 0 Å². The van der Waals surface area contributed by atoms with Gasteiger partial charge in [0.05, 0.1) is 12.2 Å². The molecule has 6 nitrogen and oxygen atoms in total. The number of hydrogen-bond donors (Lipinski definition) is 0. The number of carbonyl (C=O) groups is 1. The fourth-order valence-corrected chi connectivity index (χ4v) is 3.18. The van der Waals surface area contributed by atoms with Crippen LogP contribution in [0, 0.1) is 0 Å². The van der Waals surface area contributed by atoms with Crippen LogP contribution in [0.1, 0.15) is 15.9 Å². The lowest BCUT2D eigenvalue weighted by molar-refractivity contribution is 0.0649. The van der Waals surface area contributed by atoms with Crippen LogP contribution in [-0.2, 0) is 4.74 Å². The van der Waals surface area contributed by atoms with E-state index in [-0.39, 0.29) is 5.91 Å². The first-order valence-corrected chi connectivity index (χ1v) is 10.0. The minimum Gasteiger partial charge on any atom is -0.475 e. The van der Waals surface area contributed by atoms with Gasteiger partial charge < -0.3 is 14.4 Å². The molecule has 2 aromatic rings. The normalized spacial score (nSPS) is 15.0. The van der Waals surface area contributed by atoms with Crippen molar-refractivity contribution in [2.45, 2.75) is 0 Å². The Labute approximate surface area is 176 Å². The van der Waals surface area contributed by atoms with E-state index in [2.05, 4.69) is 22.0 Å². The highest BCUT2D eigenvalue weighted by Crippen LogP contribution is 2.13. The summed E-state index contributed by atoms with van der Waals surface area (Å²) in [5.74, 6) is 0.508. The van der Waals surface area contributed by atoms with Gasteiger partial charge in [-0.2, -0.15) is 0 Å². The molecule has 1 amide bonds. The molecule has 0 aliphatic carbocycles. The maximum Gasteiger partial charge on any atom is 0.255 e. The average molecular weight is 416 g/mol. The molecule has 0 saturated carbocycles. The second-order valence-corrected chi connectivity index (χ2v) is 7.21. The number of ether oxygens (including phenoxy) is 2. The minimum atomic E-state index is 0.0114. The van der Waals surface area contributed by atoms with Gasteiger partial charge in [-0.05, 0) is 23.8 Å². The summed E-state index contributed by atoms with van der Waals surface area (Å²) in [6, 6.07) is 11.3. The molecule has 1 aliphatic heterocycles. The van der Waals surface area contributed by atoms with E-state index >= 15 is 0 Å². The number of piperazine rings is 1. The van der Waals surface area contributed by atoms with Crippen molar-refractivity contribution in [1.82, 2.24) is 14.8 Å². The molecule has 0 atom stereocenters. The molecule has 7 heteroatoms. The molecule has 3 rings (SSSR count). The van der Waals surface area contributed by atoms with Crippen LogP contribution < -0.4 is 4.74 Å². The summed E-state index contributed by atoms with van der Waals surface area (Å²) < 4.78 is 10.4. The Morgan fingerprint density at radius 2 is 1.86 bits per heavy atom. The van der Waals surface area contributed by atoms with Crippen LogP contribution in [0.15, 0.2) is 48.7 Å². The third-order valence-corrected chi connectivity index (χ3v) is 4.98. The van der Waals surface area contributed by atoms with E-state index in [1.54, 1.807) is 25.4 Å². The van der Waals surface area contributed by atoms with Crippen LogP contribution in [0.3, 0.4) is 0 Å². The standard InChI is InChI=1S/C22H26ClN3O3/c1-28-15-16-29-21-9-6-19(17-24-21)22(27)26-13-11-25(12-14-26)10-2-3-18-4-7-20(23)8-5-18/h2-9,17H,10-16H2,1H3/b3-2+. The van der Waals surface area contributed by atoms with Gasteiger partial charge in [0.1, 0.15) is 6.61 Å². The summed E-state index contributed by atoms with van der Waals surface area (Å²) >= 11 is 5.91. The fraction of sp³-hybridized carbons (Fsp3) is 0.364. The Balaban J connectivity index is 1.43. The van der Waals surface area contributed by atoms with Gasteiger partial charge in [0, 0.05) is 57.1 Å². The Morgan fingerprint density at radius 1 is 1.10 bits per heavy atom. The van der Waals surface area contributed by atoms with Crippen molar-refractivity contribution in [2.24, 2.45) is 0 Å². The Kier molecular flexibility index (Phi) is 8.04. The van der Waals surface area contributed by atoms with E-state index < -0.39 is 0 Å². The summed E-state index contributed by atoms with van der Waals surface area (Å²) in [7, 11) is 1.62.